The highest BCUT2D eigenvalue weighted by molar-refractivity contribution is 5.93. The molecule has 0 fully saturated rings. The smallest absolute Gasteiger partial charge is 0.354 e. The molecule has 1 aromatic carbocycles. The number of halogens is 3. The Bertz CT molecular complexity index is 571. The molecule has 3 N–H and O–H groups in total. The average Bonchev–Trinajstić information content (AvgIpc) is 2.51. The summed E-state index contributed by atoms with van der Waals surface area (Å²) in [6.45, 7) is 6.28. The van der Waals surface area contributed by atoms with Gasteiger partial charge in [-0.2, -0.15) is 13.2 Å². The molecular weight excluding hydrogens is 335 g/mol. The Balaban J connectivity index is 2.68. The van der Waals surface area contributed by atoms with Gasteiger partial charge in [0, 0.05) is 12.2 Å². The van der Waals surface area contributed by atoms with Crippen LogP contribution in [0.2, 0.25) is 0 Å². The normalized spacial score (nSPS) is 12.6. The van der Waals surface area contributed by atoms with Crippen LogP contribution < -0.4 is 16.0 Å². The first-order chi connectivity index (χ1) is 11.6. The molecule has 1 atom stereocenters. The lowest BCUT2D eigenvalue weighted by Gasteiger charge is -2.20. The molecule has 1 unspecified atom stereocenters. The largest absolute Gasteiger partial charge is 0.416 e. The van der Waals surface area contributed by atoms with E-state index in [1.165, 1.54) is 0 Å². The zero-order chi connectivity index (χ0) is 19.0. The SMILES string of the molecule is CCCNC(=O)C(CC(C)C)NC(=O)Nc1ccc(C(F)(F)F)cc1. The maximum atomic E-state index is 12.5. The van der Waals surface area contributed by atoms with E-state index in [1.54, 1.807) is 0 Å². The maximum Gasteiger partial charge on any atom is 0.416 e. The topological polar surface area (TPSA) is 70.2 Å². The van der Waals surface area contributed by atoms with Gasteiger partial charge in [-0.25, -0.2) is 4.79 Å². The van der Waals surface area contributed by atoms with Gasteiger partial charge in [0.1, 0.15) is 6.04 Å². The number of urea groups is 1. The number of amides is 3. The van der Waals surface area contributed by atoms with Crippen molar-refractivity contribution >= 4 is 17.6 Å². The number of benzene rings is 1. The number of carbonyl (C=O) groups is 2. The molecule has 8 heteroatoms. The minimum Gasteiger partial charge on any atom is -0.354 e. The molecule has 25 heavy (non-hydrogen) atoms. The van der Waals surface area contributed by atoms with Crippen LogP contribution in [0.15, 0.2) is 24.3 Å². The highest BCUT2D eigenvalue weighted by Crippen LogP contribution is 2.29. The van der Waals surface area contributed by atoms with E-state index in [1.807, 2.05) is 20.8 Å². The molecule has 0 bridgehead atoms. The minimum absolute atomic E-state index is 0.184. The van der Waals surface area contributed by atoms with E-state index in [4.69, 9.17) is 0 Å². The van der Waals surface area contributed by atoms with Crippen molar-refractivity contribution in [3.05, 3.63) is 29.8 Å². The first-order valence-corrected chi connectivity index (χ1v) is 8.16. The molecule has 5 nitrogen and oxygen atoms in total. The summed E-state index contributed by atoms with van der Waals surface area (Å²) >= 11 is 0. The third-order valence-corrected chi connectivity index (χ3v) is 3.35. The summed E-state index contributed by atoms with van der Waals surface area (Å²) in [7, 11) is 0. The Morgan fingerprint density at radius 1 is 1.12 bits per heavy atom. The van der Waals surface area contributed by atoms with Crippen LogP contribution >= 0.6 is 0 Å². The van der Waals surface area contributed by atoms with E-state index in [9.17, 15) is 22.8 Å². The molecule has 0 heterocycles. The molecule has 140 valence electrons. The summed E-state index contributed by atoms with van der Waals surface area (Å²) in [5.74, 6) is -0.0955. The Labute approximate surface area is 145 Å². The van der Waals surface area contributed by atoms with Crippen LogP contribution in [-0.4, -0.2) is 24.5 Å². The van der Waals surface area contributed by atoms with Gasteiger partial charge in [0.15, 0.2) is 0 Å². The second-order valence-corrected chi connectivity index (χ2v) is 6.15. The van der Waals surface area contributed by atoms with Crippen molar-refractivity contribution in [3.8, 4) is 0 Å². The molecule has 0 aliphatic carbocycles. The monoisotopic (exact) mass is 359 g/mol. The number of carbonyl (C=O) groups excluding carboxylic acids is 2. The van der Waals surface area contributed by atoms with E-state index in [2.05, 4.69) is 16.0 Å². The summed E-state index contributed by atoms with van der Waals surface area (Å²) < 4.78 is 37.6. The summed E-state index contributed by atoms with van der Waals surface area (Å²) in [5.41, 5.74) is -0.585. The number of hydrogen-bond acceptors (Lipinski definition) is 2. The van der Waals surface area contributed by atoms with E-state index in [0.717, 1.165) is 30.7 Å². The van der Waals surface area contributed by atoms with Gasteiger partial charge in [-0.05, 0) is 43.0 Å². The van der Waals surface area contributed by atoms with Crippen molar-refractivity contribution < 1.29 is 22.8 Å². The van der Waals surface area contributed by atoms with Crippen LogP contribution in [0.1, 0.15) is 39.2 Å². The van der Waals surface area contributed by atoms with Crippen molar-refractivity contribution in [1.29, 1.82) is 0 Å². The van der Waals surface area contributed by atoms with Gasteiger partial charge in [0.2, 0.25) is 5.91 Å². The molecule has 0 radical (unpaired) electrons. The fourth-order valence-electron chi connectivity index (χ4n) is 2.14. The first kappa shape index (κ1) is 20.8. The second-order valence-electron chi connectivity index (χ2n) is 6.15. The van der Waals surface area contributed by atoms with Crippen LogP contribution in [0.5, 0.6) is 0 Å². The zero-order valence-electron chi connectivity index (χ0n) is 14.5. The van der Waals surface area contributed by atoms with Crippen molar-refractivity contribution in [2.75, 3.05) is 11.9 Å². The second kappa shape index (κ2) is 9.29. The van der Waals surface area contributed by atoms with E-state index >= 15 is 0 Å². The van der Waals surface area contributed by atoms with Crippen LogP contribution in [0.3, 0.4) is 0 Å². The lowest BCUT2D eigenvalue weighted by molar-refractivity contribution is -0.137. The molecule has 0 aliphatic rings. The highest BCUT2D eigenvalue weighted by Gasteiger charge is 2.30. The van der Waals surface area contributed by atoms with Crippen LogP contribution in [0.25, 0.3) is 0 Å². The fraction of sp³-hybridized carbons (Fsp3) is 0.529. The Morgan fingerprint density at radius 2 is 1.72 bits per heavy atom. The molecule has 0 aromatic heterocycles. The quantitative estimate of drug-likeness (QED) is 0.694. The summed E-state index contributed by atoms with van der Waals surface area (Å²) in [6, 6.07) is 2.75. The molecule has 0 saturated heterocycles. The van der Waals surface area contributed by atoms with Crippen LogP contribution in [0, 0.1) is 5.92 Å². The number of anilines is 1. The molecule has 3 amide bonds. The molecular formula is C17H24F3N3O2. The van der Waals surface area contributed by atoms with Gasteiger partial charge in [-0.15, -0.1) is 0 Å². The van der Waals surface area contributed by atoms with E-state index in [-0.39, 0.29) is 17.5 Å². The van der Waals surface area contributed by atoms with Crippen molar-refractivity contribution in [2.24, 2.45) is 5.92 Å². The third-order valence-electron chi connectivity index (χ3n) is 3.35. The number of nitrogens with one attached hydrogen (secondary N) is 3. The lowest BCUT2D eigenvalue weighted by atomic mass is 10.0. The van der Waals surface area contributed by atoms with Gasteiger partial charge in [-0.3, -0.25) is 4.79 Å². The molecule has 1 rings (SSSR count). The highest BCUT2D eigenvalue weighted by atomic mass is 19.4. The number of hydrogen-bond donors (Lipinski definition) is 3. The minimum atomic E-state index is -4.43. The number of alkyl halides is 3. The fourth-order valence-corrected chi connectivity index (χ4v) is 2.14. The Kier molecular flexibility index (Phi) is 7.73. The van der Waals surface area contributed by atoms with Crippen molar-refractivity contribution in [2.45, 2.75) is 45.8 Å². The average molecular weight is 359 g/mol. The van der Waals surface area contributed by atoms with E-state index < -0.39 is 23.8 Å². The molecule has 1 aromatic rings. The van der Waals surface area contributed by atoms with Gasteiger partial charge in [-0.1, -0.05) is 20.8 Å². The summed E-state index contributed by atoms with van der Waals surface area (Å²) in [6.07, 6.45) is -3.20. The van der Waals surface area contributed by atoms with Gasteiger partial charge in [0.25, 0.3) is 0 Å². The van der Waals surface area contributed by atoms with Gasteiger partial charge < -0.3 is 16.0 Å². The van der Waals surface area contributed by atoms with Crippen molar-refractivity contribution in [3.63, 3.8) is 0 Å². The third kappa shape index (κ3) is 7.45. The summed E-state index contributed by atoms with van der Waals surface area (Å²) in [4.78, 5) is 24.1. The molecule has 0 spiro atoms. The maximum absolute atomic E-state index is 12.5. The number of rotatable bonds is 7. The first-order valence-electron chi connectivity index (χ1n) is 8.16. The van der Waals surface area contributed by atoms with Crippen LogP contribution in [-0.2, 0) is 11.0 Å². The molecule has 0 aliphatic heterocycles. The molecule has 0 saturated carbocycles. The predicted octanol–water partition coefficient (Wildman–Crippen LogP) is 3.77. The van der Waals surface area contributed by atoms with E-state index in [0.29, 0.717) is 13.0 Å². The van der Waals surface area contributed by atoms with Gasteiger partial charge >= 0.3 is 12.2 Å². The lowest BCUT2D eigenvalue weighted by Crippen LogP contribution is -2.48. The van der Waals surface area contributed by atoms with Gasteiger partial charge in [0.05, 0.1) is 5.56 Å². The zero-order valence-corrected chi connectivity index (χ0v) is 14.5. The predicted molar refractivity (Wildman–Crippen MR) is 90.1 cm³/mol. The Hall–Kier alpha value is -2.25. The Morgan fingerprint density at radius 3 is 2.20 bits per heavy atom. The summed E-state index contributed by atoms with van der Waals surface area (Å²) in [5, 5.41) is 7.73. The van der Waals surface area contributed by atoms with Crippen molar-refractivity contribution in [1.82, 2.24) is 10.6 Å². The van der Waals surface area contributed by atoms with Crippen LogP contribution in [0.4, 0.5) is 23.7 Å². The standard InChI is InChI=1S/C17H24F3N3O2/c1-4-9-21-15(24)14(10-11(2)3)23-16(25)22-13-7-5-12(6-8-13)17(18,19)20/h5-8,11,14H,4,9-10H2,1-3H3,(H,21,24)(H2,22,23,25).